The van der Waals surface area contributed by atoms with E-state index in [2.05, 4.69) is 31.9 Å². The number of nitrogens with zero attached hydrogens (tertiary/aromatic N) is 1. The second-order valence-corrected chi connectivity index (χ2v) is 5.43. The zero-order valence-corrected chi connectivity index (χ0v) is 12.6. The number of ether oxygens (including phenoxy) is 1. The highest BCUT2D eigenvalue weighted by Crippen LogP contribution is 2.35. The van der Waals surface area contributed by atoms with Crippen molar-refractivity contribution >= 4 is 43.2 Å². The summed E-state index contributed by atoms with van der Waals surface area (Å²) in [7, 11) is 0. The third kappa shape index (κ3) is 3.24. The number of nitro groups is 1. The Morgan fingerprint density at radius 3 is 2.37 bits per heavy atom. The second-order valence-electron chi connectivity index (χ2n) is 3.66. The lowest BCUT2D eigenvalue weighted by atomic mass is 10.2. The number of halogens is 2. The number of nitro benzene ring substituents is 1. The van der Waals surface area contributed by atoms with Crippen LogP contribution >= 0.6 is 31.9 Å². The van der Waals surface area contributed by atoms with Crippen molar-refractivity contribution in [2.45, 2.75) is 0 Å². The lowest BCUT2D eigenvalue weighted by molar-refractivity contribution is -0.384. The summed E-state index contributed by atoms with van der Waals surface area (Å²) in [5.74, 6) is 0.942. The van der Waals surface area contributed by atoms with Crippen LogP contribution in [0.3, 0.4) is 0 Å². The van der Waals surface area contributed by atoms with Gasteiger partial charge in [0.1, 0.15) is 5.75 Å². The first-order valence-electron chi connectivity index (χ1n) is 5.14. The fourth-order valence-electron chi connectivity index (χ4n) is 1.42. The van der Waals surface area contributed by atoms with Gasteiger partial charge in [0, 0.05) is 16.6 Å². The second kappa shape index (κ2) is 5.58. The van der Waals surface area contributed by atoms with Gasteiger partial charge in [-0.15, -0.1) is 0 Å². The molecule has 98 valence electrons. The van der Waals surface area contributed by atoms with Gasteiger partial charge in [0.05, 0.1) is 15.1 Å². The normalized spacial score (nSPS) is 10.2. The average molecular weight is 388 g/mol. The summed E-state index contributed by atoms with van der Waals surface area (Å²) in [5, 5.41) is 10.6. The van der Waals surface area contributed by atoms with Gasteiger partial charge in [-0.05, 0) is 40.2 Å². The maximum absolute atomic E-state index is 10.6. The zero-order valence-electron chi connectivity index (χ0n) is 9.47. The molecule has 0 aliphatic rings. The molecule has 0 aliphatic carbocycles. The molecule has 2 aromatic carbocycles. The van der Waals surface area contributed by atoms with E-state index in [1.807, 2.05) is 12.1 Å². The van der Waals surface area contributed by atoms with Gasteiger partial charge in [-0.1, -0.05) is 15.9 Å². The van der Waals surface area contributed by atoms with E-state index in [1.165, 1.54) is 18.2 Å². The van der Waals surface area contributed by atoms with E-state index in [4.69, 9.17) is 10.5 Å². The van der Waals surface area contributed by atoms with Gasteiger partial charge < -0.3 is 10.5 Å². The molecule has 0 bridgehead atoms. The molecule has 0 unspecified atom stereocenters. The highest BCUT2D eigenvalue weighted by atomic mass is 79.9. The Morgan fingerprint density at radius 2 is 1.79 bits per heavy atom. The van der Waals surface area contributed by atoms with E-state index in [9.17, 15) is 10.1 Å². The Balaban J connectivity index is 2.31. The average Bonchev–Trinajstić information content (AvgIpc) is 2.34. The Kier molecular flexibility index (Phi) is 4.06. The van der Waals surface area contributed by atoms with Crippen LogP contribution in [-0.4, -0.2) is 4.92 Å². The van der Waals surface area contributed by atoms with E-state index in [1.54, 1.807) is 6.07 Å². The van der Waals surface area contributed by atoms with Crippen molar-refractivity contribution in [2.24, 2.45) is 0 Å². The smallest absolute Gasteiger partial charge is 0.271 e. The minimum absolute atomic E-state index is 0.0697. The van der Waals surface area contributed by atoms with E-state index < -0.39 is 4.92 Å². The Morgan fingerprint density at radius 1 is 1.11 bits per heavy atom. The summed E-state index contributed by atoms with van der Waals surface area (Å²) in [4.78, 5) is 10.1. The van der Waals surface area contributed by atoms with Crippen molar-refractivity contribution in [3.05, 3.63) is 55.5 Å². The number of hydrogen-bond acceptors (Lipinski definition) is 4. The van der Waals surface area contributed by atoms with Crippen LogP contribution in [0.15, 0.2) is 45.3 Å². The number of benzene rings is 2. The minimum atomic E-state index is -0.504. The van der Waals surface area contributed by atoms with Crippen LogP contribution in [0.25, 0.3) is 0 Å². The third-order valence-corrected chi connectivity index (χ3v) is 3.43. The maximum atomic E-state index is 10.6. The van der Waals surface area contributed by atoms with E-state index in [0.717, 1.165) is 8.95 Å². The van der Waals surface area contributed by atoms with Crippen LogP contribution in [0.1, 0.15) is 0 Å². The van der Waals surface area contributed by atoms with Gasteiger partial charge in [-0.25, -0.2) is 0 Å². The molecule has 2 rings (SSSR count). The maximum Gasteiger partial charge on any atom is 0.271 e. The van der Waals surface area contributed by atoms with Crippen molar-refractivity contribution in [1.29, 1.82) is 0 Å². The summed E-state index contributed by atoms with van der Waals surface area (Å²) >= 11 is 6.70. The molecule has 2 N–H and O–H groups in total. The largest absolute Gasteiger partial charge is 0.454 e. The van der Waals surface area contributed by atoms with Gasteiger partial charge >= 0.3 is 0 Å². The summed E-state index contributed by atoms with van der Waals surface area (Å²) < 4.78 is 7.27. The van der Waals surface area contributed by atoms with Crippen LogP contribution in [0.4, 0.5) is 11.4 Å². The number of non-ortho nitro benzene ring substituents is 1. The molecule has 0 spiro atoms. The molecule has 0 amide bonds. The predicted octanol–water partition coefficient (Wildman–Crippen LogP) is 4.49. The highest BCUT2D eigenvalue weighted by Gasteiger charge is 2.11. The lowest BCUT2D eigenvalue weighted by Gasteiger charge is -2.10. The molecule has 0 saturated carbocycles. The van der Waals surface area contributed by atoms with Crippen molar-refractivity contribution < 1.29 is 9.66 Å². The molecule has 0 atom stereocenters. The number of nitrogens with two attached hydrogens (primary N) is 1. The summed E-state index contributed by atoms with van der Waals surface area (Å²) in [6, 6.07) is 9.50. The molecule has 0 saturated heterocycles. The number of anilines is 1. The molecule has 0 aliphatic heterocycles. The molecule has 5 nitrogen and oxygen atoms in total. The molecule has 19 heavy (non-hydrogen) atoms. The molecule has 0 radical (unpaired) electrons. The highest BCUT2D eigenvalue weighted by molar-refractivity contribution is 9.11. The van der Waals surface area contributed by atoms with Crippen molar-refractivity contribution in [2.75, 3.05) is 5.73 Å². The molecule has 0 fully saturated rings. The van der Waals surface area contributed by atoms with Gasteiger partial charge in [-0.3, -0.25) is 10.1 Å². The first-order valence-corrected chi connectivity index (χ1v) is 6.73. The molecule has 0 aromatic heterocycles. The monoisotopic (exact) mass is 386 g/mol. The summed E-state index contributed by atoms with van der Waals surface area (Å²) in [5.41, 5.74) is 5.88. The molecule has 7 heteroatoms. The van der Waals surface area contributed by atoms with Crippen molar-refractivity contribution in [1.82, 2.24) is 0 Å². The van der Waals surface area contributed by atoms with Crippen LogP contribution in [0, 0.1) is 10.1 Å². The Labute approximate surface area is 125 Å². The topological polar surface area (TPSA) is 78.4 Å². The SMILES string of the molecule is Nc1cc([N+](=O)[O-])ccc1Oc1ccc(Br)cc1Br. The molecule has 2 aromatic rings. The zero-order chi connectivity index (χ0) is 14.0. The lowest BCUT2D eigenvalue weighted by Crippen LogP contribution is -1.95. The van der Waals surface area contributed by atoms with E-state index >= 15 is 0 Å². The number of nitrogen functional groups attached to an aromatic ring is 1. The van der Waals surface area contributed by atoms with Gasteiger partial charge in [0.2, 0.25) is 0 Å². The molecular formula is C12H8Br2N2O3. The first-order chi connectivity index (χ1) is 8.97. The van der Waals surface area contributed by atoms with Gasteiger partial charge in [-0.2, -0.15) is 0 Å². The van der Waals surface area contributed by atoms with Crippen LogP contribution in [-0.2, 0) is 0 Å². The van der Waals surface area contributed by atoms with Gasteiger partial charge in [0.15, 0.2) is 5.75 Å². The van der Waals surface area contributed by atoms with Gasteiger partial charge in [0.25, 0.3) is 5.69 Å². The number of rotatable bonds is 3. The van der Waals surface area contributed by atoms with Crippen LogP contribution < -0.4 is 10.5 Å². The predicted molar refractivity (Wildman–Crippen MR) is 79.4 cm³/mol. The van der Waals surface area contributed by atoms with E-state index in [-0.39, 0.29) is 11.4 Å². The third-order valence-electron chi connectivity index (χ3n) is 2.32. The molecular weight excluding hydrogens is 380 g/mol. The van der Waals surface area contributed by atoms with Crippen LogP contribution in [0.5, 0.6) is 11.5 Å². The minimum Gasteiger partial charge on any atom is -0.454 e. The first kappa shape index (κ1) is 13.8. The quantitative estimate of drug-likeness (QED) is 0.478. The summed E-state index contributed by atoms with van der Waals surface area (Å²) in [6.07, 6.45) is 0. The van der Waals surface area contributed by atoms with Crippen molar-refractivity contribution in [3.63, 3.8) is 0 Å². The Hall–Kier alpha value is -1.60. The fourth-order valence-corrected chi connectivity index (χ4v) is 2.55. The van der Waals surface area contributed by atoms with Crippen LogP contribution in [0.2, 0.25) is 0 Å². The van der Waals surface area contributed by atoms with Crippen molar-refractivity contribution in [3.8, 4) is 11.5 Å². The molecule has 0 heterocycles. The fraction of sp³-hybridized carbons (Fsp3) is 0. The van der Waals surface area contributed by atoms with E-state index in [0.29, 0.717) is 11.5 Å². The standard InChI is InChI=1S/C12H8Br2N2O3/c13-7-1-3-11(9(14)5-7)19-12-4-2-8(16(17)18)6-10(12)15/h1-6H,15H2. The summed E-state index contributed by atoms with van der Waals surface area (Å²) in [6.45, 7) is 0. The number of hydrogen-bond donors (Lipinski definition) is 1. The Bertz CT molecular complexity index is 647.